The predicted octanol–water partition coefficient (Wildman–Crippen LogP) is 2.83. The molecule has 2 rings (SSSR count). The first-order valence-corrected chi connectivity index (χ1v) is 9.48. The number of amides is 1. The molecule has 1 amide bonds. The van der Waals surface area contributed by atoms with Crippen molar-refractivity contribution < 1.29 is 13.2 Å². The van der Waals surface area contributed by atoms with Crippen LogP contribution in [0, 0.1) is 5.41 Å². The fourth-order valence-electron chi connectivity index (χ4n) is 2.72. The molecule has 8 heteroatoms. The molecule has 0 saturated carbocycles. The third-order valence-corrected chi connectivity index (χ3v) is 5.95. The molecule has 0 radical (unpaired) electrons. The minimum absolute atomic E-state index is 0. The van der Waals surface area contributed by atoms with Gasteiger partial charge in [0.2, 0.25) is 15.9 Å². The largest absolute Gasteiger partial charge is 0.330 e. The van der Waals surface area contributed by atoms with Crippen molar-refractivity contribution in [2.24, 2.45) is 11.1 Å². The molecule has 0 heterocycles. The molecule has 3 N–H and O–H groups in total. The predicted molar refractivity (Wildman–Crippen MR) is 108 cm³/mol. The summed E-state index contributed by atoms with van der Waals surface area (Å²) in [7, 11) is -2.13. The molecule has 0 spiro atoms. The first-order chi connectivity index (χ1) is 11.6. The topological polar surface area (TPSA) is 92.5 Å². The van der Waals surface area contributed by atoms with Gasteiger partial charge in [-0.1, -0.05) is 38.1 Å². The van der Waals surface area contributed by atoms with Crippen molar-refractivity contribution in [2.75, 3.05) is 25.5 Å². The second-order valence-corrected chi connectivity index (χ2v) is 8.98. The first-order valence-electron chi connectivity index (χ1n) is 8.04. The van der Waals surface area contributed by atoms with E-state index in [1.807, 2.05) is 19.9 Å². The number of benzene rings is 2. The molecular formula is C18H26ClN3O3S. The van der Waals surface area contributed by atoms with E-state index in [0.29, 0.717) is 29.5 Å². The van der Waals surface area contributed by atoms with Crippen LogP contribution in [0.25, 0.3) is 10.8 Å². The quantitative estimate of drug-likeness (QED) is 0.781. The van der Waals surface area contributed by atoms with Gasteiger partial charge in [-0.05, 0) is 24.1 Å². The normalized spacial score (nSPS) is 12.1. The molecule has 26 heavy (non-hydrogen) atoms. The van der Waals surface area contributed by atoms with E-state index in [1.54, 1.807) is 31.3 Å². The van der Waals surface area contributed by atoms with Gasteiger partial charge in [0.05, 0.1) is 4.90 Å². The van der Waals surface area contributed by atoms with E-state index in [4.69, 9.17) is 5.73 Å². The number of nitrogens with zero attached hydrogens (tertiary/aromatic N) is 1. The van der Waals surface area contributed by atoms with Gasteiger partial charge in [-0.15, -0.1) is 12.4 Å². The van der Waals surface area contributed by atoms with Crippen LogP contribution in [0.3, 0.4) is 0 Å². The summed E-state index contributed by atoms with van der Waals surface area (Å²) in [5.74, 6) is -0.206. The number of hydrogen-bond donors (Lipinski definition) is 2. The molecule has 0 aliphatic heterocycles. The molecule has 0 atom stereocenters. The Labute approximate surface area is 161 Å². The molecule has 0 aliphatic rings. The number of anilines is 1. The van der Waals surface area contributed by atoms with Gasteiger partial charge in [0, 0.05) is 37.0 Å². The fourth-order valence-corrected chi connectivity index (χ4v) is 4.27. The summed E-state index contributed by atoms with van der Waals surface area (Å²) in [5, 5.41) is 4.00. The molecule has 0 aliphatic carbocycles. The number of nitrogens with one attached hydrogen (secondary N) is 1. The van der Waals surface area contributed by atoms with Gasteiger partial charge in [-0.2, -0.15) is 0 Å². The Bertz CT molecular complexity index is 898. The Morgan fingerprint density at radius 3 is 2.27 bits per heavy atom. The Morgan fingerprint density at radius 2 is 1.73 bits per heavy atom. The maximum absolute atomic E-state index is 13.1. The number of nitrogens with two attached hydrogens (primary N) is 1. The van der Waals surface area contributed by atoms with Crippen molar-refractivity contribution in [2.45, 2.75) is 25.7 Å². The Morgan fingerprint density at radius 1 is 1.15 bits per heavy atom. The molecule has 0 bridgehead atoms. The first kappa shape index (κ1) is 22.4. The van der Waals surface area contributed by atoms with E-state index in [9.17, 15) is 13.2 Å². The molecule has 0 fully saturated rings. The lowest BCUT2D eigenvalue weighted by Gasteiger charge is -2.28. The fraction of sp³-hybridized carbons (Fsp3) is 0.389. The highest BCUT2D eigenvalue weighted by Gasteiger charge is 2.28. The number of hydrogen-bond acceptors (Lipinski definition) is 4. The van der Waals surface area contributed by atoms with Gasteiger partial charge in [0.25, 0.3) is 0 Å². The zero-order valence-corrected chi connectivity index (χ0v) is 17.1. The van der Waals surface area contributed by atoms with Crippen molar-refractivity contribution in [1.82, 2.24) is 4.31 Å². The third kappa shape index (κ3) is 4.73. The zero-order valence-electron chi connectivity index (χ0n) is 15.4. The Balaban J connectivity index is 0.00000338. The summed E-state index contributed by atoms with van der Waals surface area (Å²) < 4.78 is 27.5. The lowest BCUT2D eigenvalue weighted by molar-refractivity contribution is -0.114. The van der Waals surface area contributed by atoms with Gasteiger partial charge in [0.15, 0.2) is 0 Å². The van der Waals surface area contributed by atoms with Crippen LogP contribution in [0.1, 0.15) is 20.8 Å². The summed E-state index contributed by atoms with van der Waals surface area (Å²) in [5.41, 5.74) is 6.00. The Hall–Kier alpha value is -1.67. The lowest BCUT2D eigenvalue weighted by atomic mass is 9.94. The van der Waals surface area contributed by atoms with Gasteiger partial charge in [-0.25, -0.2) is 12.7 Å². The average molecular weight is 400 g/mol. The standard InChI is InChI=1S/C18H25N3O3S.ClH/c1-13(22)20-16-9-10-17(15-8-6-5-7-14(15)16)25(23,24)21(4)12-18(2,3)11-19;/h5-10H,11-12,19H2,1-4H3,(H,20,22);1H. The van der Waals surface area contributed by atoms with Gasteiger partial charge in [-0.3, -0.25) is 4.79 Å². The van der Waals surface area contributed by atoms with E-state index >= 15 is 0 Å². The molecule has 2 aromatic rings. The van der Waals surface area contributed by atoms with Gasteiger partial charge in [0.1, 0.15) is 0 Å². The van der Waals surface area contributed by atoms with Crippen LogP contribution < -0.4 is 11.1 Å². The number of carbonyl (C=O) groups is 1. The van der Waals surface area contributed by atoms with Crippen LogP contribution in [0.2, 0.25) is 0 Å². The number of halogens is 1. The van der Waals surface area contributed by atoms with E-state index in [0.717, 1.165) is 0 Å². The number of fused-ring (bicyclic) bond motifs is 1. The summed E-state index contributed by atoms with van der Waals surface area (Å²) in [4.78, 5) is 11.6. The maximum atomic E-state index is 13.1. The third-order valence-electron chi connectivity index (χ3n) is 4.09. The summed E-state index contributed by atoms with van der Waals surface area (Å²) in [6.45, 7) is 5.97. The van der Waals surface area contributed by atoms with Crippen molar-refractivity contribution in [3.8, 4) is 0 Å². The number of sulfonamides is 1. The summed E-state index contributed by atoms with van der Waals surface area (Å²) in [6, 6.07) is 10.3. The van der Waals surface area contributed by atoms with Crippen LogP contribution in [-0.4, -0.2) is 38.8 Å². The zero-order chi connectivity index (χ0) is 18.8. The van der Waals surface area contributed by atoms with Crippen LogP contribution in [0.5, 0.6) is 0 Å². The summed E-state index contributed by atoms with van der Waals surface area (Å²) in [6.07, 6.45) is 0. The average Bonchev–Trinajstić information content (AvgIpc) is 2.54. The second kappa shape index (κ2) is 8.35. The number of carbonyl (C=O) groups excluding carboxylic acids is 1. The van der Waals surface area contributed by atoms with Crippen LogP contribution in [0.4, 0.5) is 5.69 Å². The lowest BCUT2D eigenvalue weighted by Crippen LogP contribution is -2.39. The number of rotatable bonds is 6. The molecule has 6 nitrogen and oxygen atoms in total. The Kier molecular flexibility index (Phi) is 7.18. The van der Waals surface area contributed by atoms with Crippen molar-refractivity contribution >= 4 is 44.8 Å². The van der Waals surface area contributed by atoms with E-state index < -0.39 is 10.0 Å². The van der Waals surface area contributed by atoms with Crippen molar-refractivity contribution in [3.05, 3.63) is 36.4 Å². The van der Waals surface area contributed by atoms with Gasteiger partial charge >= 0.3 is 0 Å². The maximum Gasteiger partial charge on any atom is 0.243 e. The van der Waals surface area contributed by atoms with E-state index in [1.165, 1.54) is 17.3 Å². The molecular weight excluding hydrogens is 374 g/mol. The molecule has 0 aromatic heterocycles. The van der Waals surface area contributed by atoms with E-state index in [2.05, 4.69) is 5.32 Å². The SMILES string of the molecule is CC(=O)Nc1ccc(S(=O)(=O)N(C)CC(C)(C)CN)c2ccccc12.Cl. The molecule has 144 valence electrons. The second-order valence-electron chi connectivity index (χ2n) is 6.97. The molecule has 0 unspecified atom stereocenters. The summed E-state index contributed by atoms with van der Waals surface area (Å²) >= 11 is 0. The van der Waals surface area contributed by atoms with Crippen molar-refractivity contribution in [1.29, 1.82) is 0 Å². The highest BCUT2D eigenvalue weighted by molar-refractivity contribution is 7.89. The van der Waals surface area contributed by atoms with Crippen LogP contribution >= 0.6 is 12.4 Å². The van der Waals surface area contributed by atoms with Crippen LogP contribution in [0.15, 0.2) is 41.3 Å². The highest BCUT2D eigenvalue weighted by atomic mass is 35.5. The minimum atomic E-state index is -3.69. The van der Waals surface area contributed by atoms with Crippen molar-refractivity contribution in [3.63, 3.8) is 0 Å². The minimum Gasteiger partial charge on any atom is -0.330 e. The van der Waals surface area contributed by atoms with E-state index in [-0.39, 0.29) is 28.6 Å². The highest BCUT2D eigenvalue weighted by Crippen LogP contribution is 2.31. The molecule has 0 saturated heterocycles. The van der Waals surface area contributed by atoms with Crippen LogP contribution in [-0.2, 0) is 14.8 Å². The molecule has 2 aromatic carbocycles. The smallest absolute Gasteiger partial charge is 0.243 e. The van der Waals surface area contributed by atoms with Gasteiger partial charge < -0.3 is 11.1 Å². The monoisotopic (exact) mass is 399 g/mol.